The summed E-state index contributed by atoms with van der Waals surface area (Å²) in [6.45, 7) is 3.22. The first kappa shape index (κ1) is 32.4. The maximum Gasteiger partial charge on any atom is 2.00 e. The molecule has 0 spiro atoms. The van der Waals surface area contributed by atoms with Crippen molar-refractivity contribution in [3.05, 3.63) is 12.3 Å². The molecule has 0 atom stereocenters. The van der Waals surface area contributed by atoms with Gasteiger partial charge in [0.1, 0.15) is 0 Å². The van der Waals surface area contributed by atoms with E-state index in [1.54, 1.807) is 0 Å². The van der Waals surface area contributed by atoms with Crippen molar-refractivity contribution in [1.29, 1.82) is 0 Å². The molecule has 1 fully saturated rings. The molecule has 11 nitrogen and oxygen atoms in total. The van der Waals surface area contributed by atoms with E-state index in [1.165, 1.54) is 19.3 Å². The van der Waals surface area contributed by atoms with Gasteiger partial charge in [0, 0.05) is 0 Å². The Hall–Kier alpha value is -0.222. The third-order valence-corrected chi connectivity index (χ3v) is 3.49. The van der Waals surface area contributed by atoms with E-state index < -0.39 is 26.9 Å². The van der Waals surface area contributed by atoms with E-state index in [9.17, 15) is 9.59 Å². The molecule has 8 N–H and O–H groups in total. The summed E-state index contributed by atoms with van der Waals surface area (Å²) in [4.78, 5) is 23.7. The zero-order valence-electron chi connectivity index (χ0n) is 13.8. The molecule has 25 heavy (non-hydrogen) atoms. The number of nitrogens with two attached hydrogens (primary N) is 2. The van der Waals surface area contributed by atoms with Crippen LogP contribution in [0.5, 0.6) is 0 Å². The predicted octanol–water partition coefficient (Wildman–Crippen LogP) is 3.33. The minimum atomic E-state index is -1.24. The third kappa shape index (κ3) is 18.4. The van der Waals surface area contributed by atoms with Crippen molar-refractivity contribution >= 4 is 21.0 Å². The molecule has 1 aliphatic rings. The average Bonchev–Trinajstić information content (AvgIpc) is 2.49. The number of carboxylic acid groups (broad SMARTS) is 2. The van der Waals surface area contributed by atoms with Crippen LogP contribution in [0.15, 0.2) is 0 Å². The SMILES string of the molecule is O=C(O)C(CCCCN1CCCCC1)C(=O)O.OOPOO.[NH2-].[NH2-].[Pt+2]. The second kappa shape index (κ2) is 21.8. The summed E-state index contributed by atoms with van der Waals surface area (Å²) in [7, 11) is -0.691. The fourth-order valence-electron chi connectivity index (χ4n) is 2.24. The van der Waals surface area contributed by atoms with E-state index in [1.807, 2.05) is 0 Å². The first-order valence-electron chi connectivity index (χ1n) is 7.06. The zero-order chi connectivity index (χ0) is 16.8. The van der Waals surface area contributed by atoms with Gasteiger partial charge in [0.2, 0.25) is 9.03 Å². The number of hydrogen-bond acceptors (Lipinski definition) is 7. The van der Waals surface area contributed by atoms with Crippen molar-refractivity contribution in [3.63, 3.8) is 0 Å². The Balaban J connectivity index is -0.000000244. The molecule has 0 unspecified atom stereocenters. The molecule has 1 heterocycles. The molecule has 13 heteroatoms. The number of hydrogen-bond donors (Lipinski definition) is 4. The maximum absolute atomic E-state index is 10.6. The van der Waals surface area contributed by atoms with Gasteiger partial charge in [-0.25, -0.2) is 10.5 Å². The topological polar surface area (TPSA) is 204 Å². The Morgan fingerprint density at radius 2 is 1.44 bits per heavy atom. The van der Waals surface area contributed by atoms with Crippen molar-refractivity contribution < 1.29 is 60.7 Å². The normalized spacial score (nSPS) is 13.4. The molecule has 0 amide bonds. The van der Waals surface area contributed by atoms with E-state index in [0.717, 1.165) is 26.1 Å². The fraction of sp³-hybridized carbons (Fsp3) is 0.833. The van der Waals surface area contributed by atoms with Gasteiger partial charge in [-0.1, -0.05) is 12.8 Å². The standard InChI is InChI=1S/C12H21NO4.2H2N.H3O4P.Pt/c14-11(15)10(12(16)17)6-2-5-9-13-7-3-1-4-8-13;;;1-3-5-4-2;/h10H,1-9H2,(H,14,15)(H,16,17);2*1H2;1-2,5H;/q;2*-1;;+2. The number of piperidine rings is 1. The number of aliphatic carboxylic acids is 2. The molecular formula is C12H28N3O8PPt. The summed E-state index contributed by atoms with van der Waals surface area (Å²) in [6, 6.07) is 0. The van der Waals surface area contributed by atoms with Crippen molar-refractivity contribution in [1.82, 2.24) is 4.90 Å². The van der Waals surface area contributed by atoms with Crippen LogP contribution >= 0.6 is 9.03 Å². The van der Waals surface area contributed by atoms with E-state index >= 15 is 0 Å². The van der Waals surface area contributed by atoms with Gasteiger partial charge in [0.15, 0.2) is 5.92 Å². The van der Waals surface area contributed by atoms with Gasteiger partial charge < -0.3 is 27.4 Å². The molecule has 1 rings (SSSR count). The van der Waals surface area contributed by atoms with E-state index in [0.29, 0.717) is 6.42 Å². The number of carboxylic acids is 2. The summed E-state index contributed by atoms with van der Waals surface area (Å²) in [5.41, 5.74) is 0. The Labute approximate surface area is 163 Å². The molecule has 0 radical (unpaired) electrons. The van der Waals surface area contributed by atoms with Gasteiger partial charge in [0.25, 0.3) is 0 Å². The number of unbranched alkanes of at least 4 members (excludes halogenated alkanes) is 1. The van der Waals surface area contributed by atoms with Crippen LogP contribution in [0, 0.1) is 5.92 Å². The van der Waals surface area contributed by atoms with Gasteiger partial charge in [-0.15, -0.1) is 0 Å². The Morgan fingerprint density at radius 3 is 1.80 bits per heavy atom. The van der Waals surface area contributed by atoms with Crippen LogP contribution in [0.25, 0.3) is 12.3 Å². The number of rotatable bonds is 9. The van der Waals surface area contributed by atoms with E-state index in [-0.39, 0.29) is 39.8 Å². The van der Waals surface area contributed by atoms with Crippen molar-refractivity contribution in [2.45, 2.75) is 38.5 Å². The number of nitrogens with zero attached hydrogens (tertiary/aromatic N) is 1. The minimum absolute atomic E-state index is 0. The second-order valence-electron chi connectivity index (χ2n) is 4.89. The maximum atomic E-state index is 10.6. The van der Waals surface area contributed by atoms with Crippen molar-refractivity contribution in [2.75, 3.05) is 19.6 Å². The monoisotopic (exact) mass is 568 g/mol. The first-order valence-corrected chi connectivity index (χ1v) is 7.88. The largest absolute Gasteiger partial charge is 2.00 e. The third-order valence-electron chi connectivity index (χ3n) is 3.34. The van der Waals surface area contributed by atoms with Gasteiger partial charge in [0.05, 0.1) is 0 Å². The molecule has 1 aliphatic heterocycles. The fourth-order valence-corrected chi connectivity index (χ4v) is 2.27. The van der Waals surface area contributed by atoms with Gasteiger partial charge in [-0.2, -0.15) is 9.35 Å². The van der Waals surface area contributed by atoms with Crippen LogP contribution in [0.4, 0.5) is 0 Å². The molecule has 0 aliphatic carbocycles. The predicted molar refractivity (Wildman–Crippen MR) is 89.2 cm³/mol. The van der Waals surface area contributed by atoms with Gasteiger partial charge in [-0.05, 0) is 45.3 Å². The molecule has 154 valence electrons. The zero-order valence-corrected chi connectivity index (χ0v) is 17.1. The first-order chi connectivity index (χ1) is 10.5. The Morgan fingerprint density at radius 1 is 0.960 bits per heavy atom. The molecular weight excluding hydrogens is 540 g/mol. The molecule has 0 bridgehead atoms. The number of carbonyl (C=O) groups is 2. The molecule has 0 saturated carbocycles. The van der Waals surface area contributed by atoms with Crippen molar-refractivity contribution in [3.8, 4) is 0 Å². The number of likely N-dealkylation sites (tertiary alicyclic amines) is 1. The van der Waals surface area contributed by atoms with Crippen LogP contribution in [0.3, 0.4) is 0 Å². The Bertz CT molecular complexity index is 309. The van der Waals surface area contributed by atoms with E-state index in [2.05, 4.69) is 14.2 Å². The Kier molecular flexibility index (Phi) is 28.3. The summed E-state index contributed by atoms with van der Waals surface area (Å²) in [5.74, 6) is -3.69. The van der Waals surface area contributed by atoms with Crippen LogP contribution in [-0.4, -0.2) is 57.2 Å². The van der Waals surface area contributed by atoms with Crippen LogP contribution < -0.4 is 0 Å². The van der Waals surface area contributed by atoms with Crippen LogP contribution in [-0.2, 0) is 40.0 Å². The summed E-state index contributed by atoms with van der Waals surface area (Å²) >= 11 is 0. The van der Waals surface area contributed by atoms with Crippen LogP contribution in [0.1, 0.15) is 38.5 Å². The molecule has 1 saturated heterocycles. The minimum Gasteiger partial charge on any atom is -0.693 e. The summed E-state index contributed by atoms with van der Waals surface area (Å²) in [6.07, 6.45) is 5.58. The van der Waals surface area contributed by atoms with Crippen molar-refractivity contribution in [2.24, 2.45) is 5.92 Å². The molecule has 0 aromatic carbocycles. The molecule has 0 aromatic rings. The smallest absolute Gasteiger partial charge is 0.693 e. The summed E-state index contributed by atoms with van der Waals surface area (Å²) < 4.78 is 6.49. The van der Waals surface area contributed by atoms with E-state index in [4.69, 9.17) is 20.7 Å². The van der Waals surface area contributed by atoms with Gasteiger partial charge in [-0.3, -0.25) is 9.59 Å². The quantitative estimate of drug-likeness (QED) is 0.106. The van der Waals surface area contributed by atoms with Crippen LogP contribution in [0.2, 0.25) is 0 Å². The summed E-state index contributed by atoms with van der Waals surface area (Å²) in [5, 5.41) is 32.0. The van der Waals surface area contributed by atoms with Gasteiger partial charge >= 0.3 is 33.0 Å². The molecule has 0 aromatic heterocycles. The second-order valence-corrected chi connectivity index (χ2v) is 5.42. The average molecular weight is 568 g/mol.